The van der Waals surface area contributed by atoms with E-state index in [1.165, 1.54) is 12.3 Å². The SMILES string of the molecule is O=C(O)c1cc2c(=O)[nH]ncc2nc1N1CCCCC1. The maximum absolute atomic E-state index is 11.7. The first-order chi connectivity index (χ1) is 9.66. The van der Waals surface area contributed by atoms with Crippen molar-refractivity contribution in [2.75, 3.05) is 18.0 Å². The standard InChI is InChI=1S/C13H14N4O3/c18-12-8-6-9(13(19)20)11(15-10(8)7-14-16-12)17-4-2-1-3-5-17/h6-7H,1-5H2,(H,16,18)(H,19,20). The number of H-pyrrole nitrogens is 1. The Bertz CT molecular complexity index is 719. The van der Waals surface area contributed by atoms with Crippen LogP contribution >= 0.6 is 0 Å². The first-order valence-electron chi connectivity index (χ1n) is 6.53. The van der Waals surface area contributed by atoms with Crippen molar-refractivity contribution in [1.29, 1.82) is 0 Å². The number of hydrogen-bond acceptors (Lipinski definition) is 5. The molecule has 7 nitrogen and oxygen atoms in total. The molecule has 2 N–H and O–H groups in total. The molecule has 2 aromatic rings. The number of nitrogens with zero attached hydrogens (tertiary/aromatic N) is 3. The molecule has 0 spiro atoms. The van der Waals surface area contributed by atoms with Gasteiger partial charge in [0.05, 0.1) is 17.1 Å². The van der Waals surface area contributed by atoms with E-state index in [9.17, 15) is 14.7 Å². The number of pyridine rings is 1. The minimum Gasteiger partial charge on any atom is -0.478 e. The van der Waals surface area contributed by atoms with Crippen molar-refractivity contribution in [3.05, 3.63) is 28.2 Å². The van der Waals surface area contributed by atoms with Crippen LogP contribution in [-0.4, -0.2) is 39.3 Å². The van der Waals surface area contributed by atoms with E-state index in [1.54, 1.807) is 0 Å². The van der Waals surface area contributed by atoms with Crippen LogP contribution in [0, 0.1) is 0 Å². The first-order valence-corrected chi connectivity index (χ1v) is 6.53. The molecule has 3 heterocycles. The number of aromatic nitrogens is 3. The van der Waals surface area contributed by atoms with E-state index in [1.807, 2.05) is 4.90 Å². The predicted molar refractivity (Wildman–Crippen MR) is 73.2 cm³/mol. The Kier molecular flexibility index (Phi) is 3.09. The summed E-state index contributed by atoms with van der Waals surface area (Å²) in [5.74, 6) is -0.645. The highest BCUT2D eigenvalue weighted by Crippen LogP contribution is 2.24. The number of fused-ring (bicyclic) bond motifs is 1. The highest BCUT2D eigenvalue weighted by atomic mass is 16.4. The number of nitrogens with one attached hydrogen (secondary N) is 1. The molecule has 0 radical (unpaired) electrons. The largest absolute Gasteiger partial charge is 0.478 e. The molecule has 0 bridgehead atoms. The van der Waals surface area contributed by atoms with Gasteiger partial charge in [0.25, 0.3) is 5.56 Å². The molecule has 1 fully saturated rings. The van der Waals surface area contributed by atoms with Crippen LogP contribution in [0.2, 0.25) is 0 Å². The topological polar surface area (TPSA) is 99.2 Å². The minimum absolute atomic E-state index is 0.0658. The fourth-order valence-corrected chi connectivity index (χ4v) is 2.51. The van der Waals surface area contributed by atoms with E-state index in [-0.39, 0.29) is 10.9 Å². The molecule has 0 atom stereocenters. The molecule has 1 aliphatic heterocycles. The second-order valence-corrected chi connectivity index (χ2v) is 4.84. The quantitative estimate of drug-likeness (QED) is 0.847. The van der Waals surface area contributed by atoms with E-state index < -0.39 is 11.5 Å². The number of piperidine rings is 1. The average Bonchev–Trinajstić information content (AvgIpc) is 2.47. The van der Waals surface area contributed by atoms with Gasteiger partial charge in [-0.1, -0.05) is 0 Å². The lowest BCUT2D eigenvalue weighted by molar-refractivity contribution is 0.0697. The summed E-state index contributed by atoms with van der Waals surface area (Å²) < 4.78 is 0. The average molecular weight is 274 g/mol. The molecule has 3 rings (SSSR count). The zero-order valence-electron chi connectivity index (χ0n) is 10.8. The normalized spacial score (nSPS) is 15.5. The maximum atomic E-state index is 11.7. The highest BCUT2D eigenvalue weighted by molar-refractivity contribution is 5.97. The van der Waals surface area contributed by atoms with Crippen LogP contribution in [0.25, 0.3) is 10.9 Å². The van der Waals surface area contributed by atoms with Gasteiger partial charge in [-0.25, -0.2) is 14.9 Å². The summed E-state index contributed by atoms with van der Waals surface area (Å²) in [6, 6.07) is 1.38. The van der Waals surface area contributed by atoms with Crippen molar-refractivity contribution >= 4 is 22.7 Å². The van der Waals surface area contributed by atoms with Gasteiger partial charge < -0.3 is 10.0 Å². The molecule has 0 saturated carbocycles. The van der Waals surface area contributed by atoms with Crippen LogP contribution in [-0.2, 0) is 0 Å². The number of anilines is 1. The number of carboxylic acid groups (broad SMARTS) is 1. The number of carbonyl (C=O) groups is 1. The molecule has 2 aromatic heterocycles. The van der Waals surface area contributed by atoms with Crippen molar-refractivity contribution in [1.82, 2.24) is 15.2 Å². The van der Waals surface area contributed by atoms with Gasteiger partial charge in [0, 0.05) is 13.1 Å². The highest BCUT2D eigenvalue weighted by Gasteiger charge is 2.21. The summed E-state index contributed by atoms with van der Waals surface area (Å²) in [4.78, 5) is 29.4. The number of carboxylic acids is 1. The van der Waals surface area contributed by atoms with Crippen molar-refractivity contribution in [3.63, 3.8) is 0 Å². The maximum Gasteiger partial charge on any atom is 0.339 e. The molecule has 0 aromatic carbocycles. The minimum atomic E-state index is -1.07. The third kappa shape index (κ3) is 2.11. The van der Waals surface area contributed by atoms with Gasteiger partial charge in [0.1, 0.15) is 11.4 Å². The number of aromatic amines is 1. The van der Waals surface area contributed by atoms with Gasteiger partial charge in [0.2, 0.25) is 0 Å². The fraction of sp³-hybridized carbons (Fsp3) is 0.385. The lowest BCUT2D eigenvalue weighted by Crippen LogP contribution is -2.32. The monoisotopic (exact) mass is 274 g/mol. The molecule has 7 heteroatoms. The van der Waals surface area contributed by atoms with Crippen molar-refractivity contribution in [2.24, 2.45) is 0 Å². The molecule has 0 amide bonds. The summed E-state index contributed by atoms with van der Waals surface area (Å²) in [7, 11) is 0. The Morgan fingerprint density at radius 3 is 2.75 bits per heavy atom. The van der Waals surface area contributed by atoms with E-state index in [0.717, 1.165) is 32.4 Å². The fourth-order valence-electron chi connectivity index (χ4n) is 2.51. The van der Waals surface area contributed by atoms with Gasteiger partial charge in [0.15, 0.2) is 0 Å². The summed E-state index contributed by atoms with van der Waals surface area (Å²) in [6.07, 6.45) is 4.63. The molecule has 0 aliphatic carbocycles. The molecular formula is C13H14N4O3. The molecule has 104 valence electrons. The van der Waals surface area contributed by atoms with Crippen LogP contribution in [0.3, 0.4) is 0 Å². The van der Waals surface area contributed by atoms with Gasteiger partial charge >= 0.3 is 5.97 Å². The van der Waals surface area contributed by atoms with Gasteiger partial charge in [-0.15, -0.1) is 0 Å². The molecular weight excluding hydrogens is 260 g/mol. The smallest absolute Gasteiger partial charge is 0.339 e. The van der Waals surface area contributed by atoms with Gasteiger partial charge in [-0.2, -0.15) is 5.10 Å². The summed E-state index contributed by atoms with van der Waals surface area (Å²) >= 11 is 0. The Morgan fingerprint density at radius 2 is 2.05 bits per heavy atom. The second-order valence-electron chi connectivity index (χ2n) is 4.84. The third-order valence-electron chi connectivity index (χ3n) is 3.52. The molecule has 0 unspecified atom stereocenters. The molecule has 1 saturated heterocycles. The summed E-state index contributed by atoms with van der Waals surface area (Å²) in [5, 5.41) is 15.6. The second kappa shape index (κ2) is 4.92. The first kappa shape index (κ1) is 12.6. The third-order valence-corrected chi connectivity index (χ3v) is 3.52. The Balaban J connectivity index is 2.21. The van der Waals surface area contributed by atoms with Crippen molar-refractivity contribution in [2.45, 2.75) is 19.3 Å². The zero-order valence-corrected chi connectivity index (χ0v) is 10.8. The van der Waals surface area contributed by atoms with Crippen molar-refractivity contribution < 1.29 is 9.90 Å². The van der Waals surface area contributed by atoms with E-state index in [2.05, 4.69) is 15.2 Å². The van der Waals surface area contributed by atoms with Crippen LogP contribution in [0.5, 0.6) is 0 Å². The Hall–Kier alpha value is -2.44. The zero-order chi connectivity index (χ0) is 14.1. The summed E-state index contributed by atoms with van der Waals surface area (Å²) in [6.45, 7) is 1.57. The Labute approximate surface area is 114 Å². The summed E-state index contributed by atoms with van der Waals surface area (Å²) in [5.41, 5.74) is 0.0538. The molecule has 20 heavy (non-hydrogen) atoms. The van der Waals surface area contributed by atoms with Crippen LogP contribution in [0.4, 0.5) is 5.82 Å². The van der Waals surface area contributed by atoms with E-state index in [0.29, 0.717) is 11.3 Å². The Morgan fingerprint density at radius 1 is 1.30 bits per heavy atom. The van der Waals surface area contributed by atoms with Gasteiger partial charge in [-0.3, -0.25) is 4.79 Å². The van der Waals surface area contributed by atoms with Crippen molar-refractivity contribution in [3.8, 4) is 0 Å². The van der Waals surface area contributed by atoms with Crippen LogP contribution < -0.4 is 10.5 Å². The lowest BCUT2D eigenvalue weighted by Gasteiger charge is -2.28. The van der Waals surface area contributed by atoms with Crippen LogP contribution in [0.1, 0.15) is 29.6 Å². The lowest BCUT2D eigenvalue weighted by atomic mass is 10.1. The number of aromatic carboxylic acids is 1. The number of rotatable bonds is 2. The molecule has 1 aliphatic rings. The number of hydrogen-bond donors (Lipinski definition) is 2. The van der Waals surface area contributed by atoms with E-state index in [4.69, 9.17) is 0 Å². The van der Waals surface area contributed by atoms with Crippen LogP contribution in [0.15, 0.2) is 17.1 Å². The van der Waals surface area contributed by atoms with Gasteiger partial charge in [-0.05, 0) is 25.3 Å². The predicted octanol–water partition coefficient (Wildman–Crippen LogP) is 1.01. The van der Waals surface area contributed by atoms with E-state index >= 15 is 0 Å².